The van der Waals surface area contributed by atoms with E-state index in [0.29, 0.717) is 5.92 Å². The van der Waals surface area contributed by atoms with Crippen LogP contribution in [0.25, 0.3) is 0 Å². The molecule has 1 heteroatoms. The summed E-state index contributed by atoms with van der Waals surface area (Å²) in [6, 6.07) is 0. The Bertz CT molecular complexity index is 157. The van der Waals surface area contributed by atoms with Gasteiger partial charge in [-0.3, -0.25) is 0 Å². The largest absolute Gasteiger partial charge is 0.120 e. The summed E-state index contributed by atoms with van der Waals surface area (Å²) in [7, 11) is 0. The number of hydrogen-bond donors (Lipinski definition) is 0. The molecule has 0 radical (unpaired) electrons. The van der Waals surface area contributed by atoms with Crippen molar-refractivity contribution in [1.82, 2.24) is 0 Å². The summed E-state index contributed by atoms with van der Waals surface area (Å²) in [5, 5.41) is 0. The lowest BCUT2D eigenvalue weighted by Crippen LogP contribution is -2.23. The molecule has 0 amide bonds. The second-order valence-electron chi connectivity index (χ2n) is 5.93. The molecule has 1 unspecified atom stereocenters. The van der Waals surface area contributed by atoms with E-state index in [9.17, 15) is 0 Å². The van der Waals surface area contributed by atoms with E-state index >= 15 is 0 Å². The Morgan fingerprint density at radius 3 is 1.71 bits per heavy atom. The molecule has 0 N–H and O–H groups in total. The number of halogens is 1. The standard InChI is InChI=1S/C16H33Cl/c1-5-7-8-9-10-11-12-13-14-15(6-2)16(3,4)17/h15H,5-14H2,1-4H3. The molecule has 1 atom stereocenters. The molecular formula is C16H33Cl. The lowest BCUT2D eigenvalue weighted by molar-refractivity contribution is 0.359. The van der Waals surface area contributed by atoms with Gasteiger partial charge in [-0.25, -0.2) is 0 Å². The van der Waals surface area contributed by atoms with Gasteiger partial charge in [-0.05, 0) is 26.2 Å². The normalized spacial score (nSPS) is 13.9. The quantitative estimate of drug-likeness (QED) is 0.291. The predicted octanol–water partition coefficient (Wildman–Crippen LogP) is 6.56. The second-order valence-corrected chi connectivity index (χ2v) is 6.91. The molecule has 0 aliphatic rings. The fraction of sp³-hybridized carbons (Fsp3) is 1.00. The lowest BCUT2D eigenvalue weighted by atomic mass is 9.87. The van der Waals surface area contributed by atoms with Crippen LogP contribution in [0.1, 0.15) is 91.9 Å². The molecule has 0 aromatic heterocycles. The van der Waals surface area contributed by atoms with Gasteiger partial charge >= 0.3 is 0 Å². The maximum atomic E-state index is 6.40. The summed E-state index contributed by atoms with van der Waals surface area (Å²) >= 11 is 6.40. The van der Waals surface area contributed by atoms with Gasteiger partial charge in [-0.15, -0.1) is 11.6 Å². The number of rotatable bonds is 11. The van der Waals surface area contributed by atoms with Crippen LogP contribution in [0.15, 0.2) is 0 Å². The Kier molecular flexibility index (Phi) is 10.4. The predicted molar refractivity (Wildman–Crippen MR) is 80.9 cm³/mol. The molecule has 0 bridgehead atoms. The van der Waals surface area contributed by atoms with Crippen molar-refractivity contribution in [3.63, 3.8) is 0 Å². The summed E-state index contributed by atoms with van der Waals surface area (Å²) in [5.41, 5.74) is 0. The lowest BCUT2D eigenvalue weighted by Gasteiger charge is -2.27. The first-order valence-electron chi connectivity index (χ1n) is 7.71. The van der Waals surface area contributed by atoms with Crippen LogP contribution in [0.2, 0.25) is 0 Å². The summed E-state index contributed by atoms with van der Waals surface area (Å²) in [5.74, 6) is 0.684. The maximum absolute atomic E-state index is 6.40. The van der Waals surface area contributed by atoms with E-state index in [4.69, 9.17) is 11.6 Å². The Hall–Kier alpha value is 0.290. The zero-order valence-corrected chi connectivity index (χ0v) is 13.3. The van der Waals surface area contributed by atoms with E-state index in [1.165, 1.54) is 64.2 Å². The zero-order valence-electron chi connectivity index (χ0n) is 12.5. The third kappa shape index (κ3) is 9.94. The van der Waals surface area contributed by atoms with Crippen molar-refractivity contribution in [3.05, 3.63) is 0 Å². The molecule has 0 saturated carbocycles. The second kappa shape index (κ2) is 10.2. The third-order valence-corrected chi connectivity index (χ3v) is 4.18. The van der Waals surface area contributed by atoms with Crippen molar-refractivity contribution in [1.29, 1.82) is 0 Å². The van der Waals surface area contributed by atoms with Crippen LogP contribution in [0, 0.1) is 5.92 Å². The summed E-state index contributed by atoms with van der Waals surface area (Å²) in [4.78, 5) is -0.0180. The third-order valence-electron chi connectivity index (χ3n) is 3.87. The topological polar surface area (TPSA) is 0 Å². The monoisotopic (exact) mass is 260 g/mol. The van der Waals surface area contributed by atoms with Gasteiger partial charge in [0.2, 0.25) is 0 Å². The van der Waals surface area contributed by atoms with E-state index < -0.39 is 0 Å². The fourth-order valence-electron chi connectivity index (χ4n) is 2.56. The molecule has 0 aliphatic carbocycles. The van der Waals surface area contributed by atoms with Crippen LogP contribution in [-0.4, -0.2) is 4.87 Å². The van der Waals surface area contributed by atoms with Gasteiger partial charge in [0.25, 0.3) is 0 Å². The molecule has 17 heavy (non-hydrogen) atoms. The minimum absolute atomic E-state index is 0.0180. The van der Waals surface area contributed by atoms with E-state index in [1.54, 1.807) is 0 Å². The van der Waals surface area contributed by atoms with Gasteiger partial charge in [0, 0.05) is 4.87 Å². The number of hydrogen-bond acceptors (Lipinski definition) is 0. The molecule has 0 aromatic rings. The molecular weight excluding hydrogens is 228 g/mol. The van der Waals surface area contributed by atoms with Gasteiger partial charge in [0.1, 0.15) is 0 Å². The molecule has 0 nitrogen and oxygen atoms in total. The van der Waals surface area contributed by atoms with Crippen LogP contribution in [-0.2, 0) is 0 Å². The molecule has 0 rings (SSSR count). The van der Waals surface area contributed by atoms with Crippen LogP contribution in [0.5, 0.6) is 0 Å². The van der Waals surface area contributed by atoms with E-state index in [1.807, 2.05) is 0 Å². The summed E-state index contributed by atoms with van der Waals surface area (Å²) in [6.07, 6.45) is 13.8. The van der Waals surface area contributed by atoms with Crippen molar-refractivity contribution in [2.24, 2.45) is 5.92 Å². The Balaban J connectivity index is 3.38. The van der Waals surface area contributed by atoms with Crippen molar-refractivity contribution in [2.45, 2.75) is 96.8 Å². The van der Waals surface area contributed by atoms with Crippen molar-refractivity contribution < 1.29 is 0 Å². The highest BCUT2D eigenvalue weighted by Gasteiger charge is 2.24. The van der Waals surface area contributed by atoms with Crippen LogP contribution >= 0.6 is 11.6 Å². The number of alkyl halides is 1. The molecule has 0 fully saturated rings. The molecule has 0 aromatic carbocycles. The average Bonchev–Trinajstić information content (AvgIpc) is 2.25. The summed E-state index contributed by atoms with van der Waals surface area (Å²) in [6.45, 7) is 8.86. The SMILES string of the molecule is CCCCCCCCCCC(CC)C(C)(C)Cl. The molecule has 0 spiro atoms. The Morgan fingerprint density at radius 1 is 0.824 bits per heavy atom. The van der Waals surface area contributed by atoms with Crippen LogP contribution in [0.4, 0.5) is 0 Å². The van der Waals surface area contributed by atoms with Gasteiger partial charge in [-0.2, -0.15) is 0 Å². The Morgan fingerprint density at radius 2 is 1.29 bits per heavy atom. The highest BCUT2D eigenvalue weighted by atomic mass is 35.5. The van der Waals surface area contributed by atoms with Crippen LogP contribution < -0.4 is 0 Å². The van der Waals surface area contributed by atoms with Crippen molar-refractivity contribution in [2.75, 3.05) is 0 Å². The van der Waals surface area contributed by atoms with E-state index in [2.05, 4.69) is 27.7 Å². The number of unbranched alkanes of at least 4 members (excludes halogenated alkanes) is 7. The fourth-order valence-corrected chi connectivity index (χ4v) is 2.82. The van der Waals surface area contributed by atoms with Gasteiger partial charge < -0.3 is 0 Å². The molecule has 0 saturated heterocycles. The highest BCUT2D eigenvalue weighted by Crippen LogP contribution is 2.31. The van der Waals surface area contributed by atoms with Crippen molar-refractivity contribution in [3.8, 4) is 0 Å². The van der Waals surface area contributed by atoms with E-state index in [0.717, 1.165) is 0 Å². The molecule has 0 heterocycles. The molecule has 104 valence electrons. The smallest absolute Gasteiger partial charge is 0.0418 e. The van der Waals surface area contributed by atoms with Crippen LogP contribution in [0.3, 0.4) is 0 Å². The minimum Gasteiger partial charge on any atom is -0.120 e. The first-order chi connectivity index (χ1) is 8.02. The van der Waals surface area contributed by atoms with Gasteiger partial charge in [0.05, 0.1) is 0 Å². The van der Waals surface area contributed by atoms with Crippen molar-refractivity contribution >= 4 is 11.6 Å². The van der Waals surface area contributed by atoms with Gasteiger partial charge in [0.15, 0.2) is 0 Å². The van der Waals surface area contributed by atoms with E-state index in [-0.39, 0.29) is 4.87 Å². The first kappa shape index (κ1) is 17.3. The average molecular weight is 261 g/mol. The highest BCUT2D eigenvalue weighted by molar-refractivity contribution is 6.23. The maximum Gasteiger partial charge on any atom is 0.0418 e. The minimum atomic E-state index is -0.0180. The summed E-state index contributed by atoms with van der Waals surface area (Å²) < 4.78 is 0. The first-order valence-corrected chi connectivity index (χ1v) is 8.09. The zero-order chi connectivity index (χ0) is 13.1. The van der Waals surface area contributed by atoms with Gasteiger partial charge in [-0.1, -0.05) is 71.6 Å². The molecule has 0 aliphatic heterocycles. The Labute approximate surface area is 115 Å².